The highest BCUT2D eigenvalue weighted by atomic mass is 16.4. The molecule has 2 N–H and O–H groups in total. The fourth-order valence-corrected chi connectivity index (χ4v) is 1.96. The standard InChI is InChI=1S/C10H17NO4/c1-7(9(12)13)6-8-2-4-11(5-3-8)10(14)15/h7-8H,2-6H2,1H3,(H,12,13)(H,14,15). The van der Waals surface area contributed by atoms with Crippen molar-refractivity contribution >= 4 is 12.1 Å². The topological polar surface area (TPSA) is 77.8 Å². The van der Waals surface area contributed by atoms with Crippen LogP contribution in [0, 0.1) is 11.8 Å². The number of hydrogen-bond donors (Lipinski definition) is 2. The van der Waals surface area contributed by atoms with Crippen molar-refractivity contribution < 1.29 is 19.8 Å². The molecule has 5 nitrogen and oxygen atoms in total. The summed E-state index contributed by atoms with van der Waals surface area (Å²) in [4.78, 5) is 22.7. The van der Waals surface area contributed by atoms with E-state index < -0.39 is 12.1 Å². The van der Waals surface area contributed by atoms with Crippen LogP contribution in [0.2, 0.25) is 0 Å². The molecule has 86 valence electrons. The number of nitrogens with zero attached hydrogens (tertiary/aromatic N) is 1. The Morgan fingerprint density at radius 3 is 2.27 bits per heavy atom. The van der Waals surface area contributed by atoms with Gasteiger partial charge in [0.2, 0.25) is 0 Å². The number of amides is 1. The summed E-state index contributed by atoms with van der Waals surface area (Å²) in [7, 11) is 0. The summed E-state index contributed by atoms with van der Waals surface area (Å²) < 4.78 is 0. The van der Waals surface area contributed by atoms with Crippen LogP contribution in [0.3, 0.4) is 0 Å². The second-order valence-corrected chi connectivity index (χ2v) is 4.19. The van der Waals surface area contributed by atoms with Gasteiger partial charge in [-0.25, -0.2) is 4.79 Å². The van der Waals surface area contributed by atoms with Crippen LogP contribution in [-0.4, -0.2) is 40.3 Å². The summed E-state index contributed by atoms with van der Waals surface area (Å²) in [5.41, 5.74) is 0. The van der Waals surface area contributed by atoms with E-state index in [4.69, 9.17) is 10.2 Å². The van der Waals surface area contributed by atoms with Crippen molar-refractivity contribution in [3.05, 3.63) is 0 Å². The molecule has 1 aliphatic rings. The van der Waals surface area contributed by atoms with E-state index >= 15 is 0 Å². The Kier molecular flexibility index (Phi) is 3.94. The van der Waals surface area contributed by atoms with Gasteiger partial charge < -0.3 is 15.1 Å². The Bertz CT molecular complexity index is 246. The molecule has 1 heterocycles. The molecule has 0 aromatic carbocycles. The minimum absolute atomic E-state index is 0.327. The Labute approximate surface area is 88.7 Å². The SMILES string of the molecule is CC(CC1CCN(C(=O)O)CC1)C(=O)O. The van der Waals surface area contributed by atoms with Gasteiger partial charge in [0.1, 0.15) is 0 Å². The van der Waals surface area contributed by atoms with Crippen molar-refractivity contribution in [2.24, 2.45) is 11.8 Å². The quantitative estimate of drug-likeness (QED) is 0.747. The fraction of sp³-hybridized carbons (Fsp3) is 0.800. The van der Waals surface area contributed by atoms with Crippen molar-refractivity contribution in [2.45, 2.75) is 26.2 Å². The molecule has 1 unspecified atom stereocenters. The molecular weight excluding hydrogens is 198 g/mol. The molecule has 1 saturated heterocycles. The van der Waals surface area contributed by atoms with E-state index in [0.29, 0.717) is 25.4 Å². The van der Waals surface area contributed by atoms with Crippen LogP contribution in [0.4, 0.5) is 4.79 Å². The lowest BCUT2D eigenvalue weighted by Gasteiger charge is -2.30. The summed E-state index contributed by atoms with van der Waals surface area (Å²) >= 11 is 0. The lowest BCUT2D eigenvalue weighted by atomic mass is 9.88. The normalized spacial score (nSPS) is 19.9. The Hall–Kier alpha value is -1.26. The van der Waals surface area contributed by atoms with Crippen LogP contribution in [0.15, 0.2) is 0 Å². The van der Waals surface area contributed by atoms with Crippen LogP contribution >= 0.6 is 0 Å². The van der Waals surface area contributed by atoms with Gasteiger partial charge in [-0.1, -0.05) is 6.92 Å². The minimum Gasteiger partial charge on any atom is -0.481 e. The molecule has 1 rings (SSSR count). The molecule has 15 heavy (non-hydrogen) atoms. The molecule has 0 saturated carbocycles. The molecule has 0 radical (unpaired) electrons. The van der Waals surface area contributed by atoms with Crippen LogP contribution in [0.5, 0.6) is 0 Å². The predicted octanol–water partition coefficient (Wildman–Crippen LogP) is 1.49. The van der Waals surface area contributed by atoms with E-state index in [9.17, 15) is 9.59 Å². The number of carbonyl (C=O) groups is 2. The minimum atomic E-state index is -0.875. The third-order valence-electron chi connectivity index (χ3n) is 2.99. The monoisotopic (exact) mass is 215 g/mol. The van der Waals surface area contributed by atoms with Crippen LogP contribution in [0.25, 0.3) is 0 Å². The van der Waals surface area contributed by atoms with Gasteiger partial charge in [0.25, 0.3) is 0 Å². The van der Waals surface area contributed by atoms with Gasteiger partial charge >= 0.3 is 12.1 Å². The lowest BCUT2D eigenvalue weighted by molar-refractivity contribution is -0.141. The number of aliphatic carboxylic acids is 1. The molecule has 1 fully saturated rings. The van der Waals surface area contributed by atoms with E-state index in [1.807, 2.05) is 0 Å². The average Bonchev–Trinajstić information content (AvgIpc) is 2.18. The second kappa shape index (κ2) is 5.00. The van der Waals surface area contributed by atoms with E-state index in [-0.39, 0.29) is 5.92 Å². The van der Waals surface area contributed by atoms with Gasteiger partial charge in [-0.15, -0.1) is 0 Å². The third kappa shape index (κ3) is 3.42. The van der Waals surface area contributed by atoms with Gasteiger partial charge in [0.15, 0.2) is 0 Å². The van der Waals surface area contributed by atoms with Gasteiger partial charge in [0.05, 0.1) is 5.92 Å². The fourth-order valence-electron chi connectivity index (χ4n) is 1.96. The summed E-state index contributed by atoms with van der Waals surface area (Å²) in [5.74, 6) is -0.742. The van der Waals surface area contributed by atoms with Crippen LogP contribution in [-0.2, 0) is 4.79 Å². The number of carboxylic acid groups (broad SMARTS) is 2. The maximum absolute atomic E-state index is 10.6. The van der Waals surface area contributed by atoms with Crippen molar-refractivity contribution in [3.8, 4) is 0 Å². The van der Waals surface area contributed by atoms with Gasteiger partial charge in [-0.2, -0.15) is 0 Å². The van der Waals surface area contributed by atoms with Crippen LogP contribution < -0.4 is 0 Å². The highest BCUT2D eigenvalue weighted by molar-refractivity contribution is 5.69. The average molecular weight is 215 g/mol. The molecule has 0 aliphatic carbocycles. The van der Waals surface area contributed by atoms with E-state index in [0.717, 1.165) is 12.8 Å². The summed E-state index contributed by atoms with van der Waals surface area (Å²) in [6, 6.07) is 0. The van der Waals surface area contributed by atoms with E-state index in [1.54, 1.807) is 6.92 Å². The zero-order valence-corrected chi connectivity index (χ0v) is 8.85. The smallest absolute Gasteiger partial charge is 0.407 e. The highest BCUT2D eigenvalue weighted by Crippen LogP contribution is 2.24. The largest absolute Gasteiger partial charge is 0.481 e. The van der Waals surface area contributed by atoms with Gasteiger partial charge in [-0.3, -0.25) is 4.79 Å². The zero-order valence-electron chi connectivity index (χ0n) is 8.85. The third-order valence-corrected chi connectivity index (χ3v) is 2.99. The van der Waals surface area contributed by atoms with Crippen molar-refractivity contribution in [1.82, 2.24) is 4.90 Å². The molecule has 1 aliphatic heterocycles. The molecule has 5 heteroatoms. The molecule has 0 aromatic rings. The molecule has 0 bridgehead atoms. The number of hydrogen-bond acceptors (Lipinski definition) is 2. The van der Waals surface area contributed by atoms with Crippen molar-refractivity contribution in [1.29, 1.82) is 0 Å². The zero-order chi connectivity index (χ0) is 11.4. The number of piperidine rings is 1. The van der Waals surface area contributed by atoms with Gasteiger partial charge in [-0.05, 0) is 25.2 Å². The molecule has 0 aromatic heterocycles. The molecule has 0 spiro atoms. The van der Waals surface area contributed by atoms with E-state index in [1.165, 1.54) is 4.90 Å². The summed E-state index contributed by atoms with van der Waals surface area (Å²) in [6.45, 7) is 2.77. The van der Waals surface area contributed by atoms with Gasteiger partial charge in [0, 0.05) is 13.1 Å². The first-order valence-corrected chi connectivity index (χ1v) is 5.21. The number of likely N-dealkylation sites (tertiary alicyclic amines) is 1. The summed E-state index contributed by atoms with van der Waals surface area (Å²) in [6.07, 6.45) is 1.34. The Morgan fingerprint density at radius 1 is 1.33 bits per heavy atom. The molecular formula is C10H17NO4. The predicted molar refractivity (Wildman–Crippen MR) is 53.7 cm³/mol. The van der Waals surface area contributed by atoms with E-state index in [2.05, 4.69) is 0 Å². The second-order valence-electron chi connectivity index (χ2n) is 4.19. The van der Waals surface area contributed by atoms with Crippen molar-refractivity contribution in [2.75, 3.05) is 13.1 Å². The lowest BCUT2D eigenvalue weighted by Crippen LogP contribution is -2.38. The Balaban J connectivity index is 2.31. The van der Waals surface area contributed by atoms with Crippen LogP contribution in [0.1, 0.15) is 26.2 Å². The number of rotatable bonds is 3. The Morgan fingerprint density at radius 2 is 1.87 bits per heavy atom. The molecule has 1 atom stereocenters. The molecule has 1 amide bonds. The first kappa shape index (κ1) is 11.8. The maximum Gasteiger partial charge on any atom is 0.407 e. The first-order chi connectivity index (χ1) is 7.00. The first-order valence-electron chi connectivity index (χ1n) is 5.21. The summed E-state index contributed by atoms with van der Waals surface area (Å²) in [5, 5.41) is 17.5. The van der Waals surface area contributed by atoms with Crippen molar-refractivity contribution in [3.63, 3.8) is 0 Å². The number of carboxylic acids is 1. The highest BCUT2D eigenvalue weighted by Gasteiger charge is 2.25. The maximum atomic E-state index is 10.6.